The summed E-state index contributed by atoms with van der Waals surface area (Å²) in [6.07, 6.45) is 2.67. The monoisotopic (exact) mass is 248 g/mol. The van der Waals surface area contributed by atoms with Gasteiger partial charge >= 0.3 is 0 Å². The van der Waals surface area contributed by atoms with Crippen LogP contribution in [0.15, 0.2) is 0 Å². The van der Waals surface area contributed by atoms with Crippen LogP contribution in [0.5, 0.6) is 0 Å². The lowest BCUT2D eigenvalue weighted by Gasteiger charge is -2.48. The molecule has 2 aliphatic rings. The van der Waals surface area contributed by atoms with Crippen molar-refractivity contribution in [3.63, 3.8) is 0 Å². The molecular weight excluding hydrogens is 224 g/mol. The molecule has 0 N–H and O–H groups in total. The van der Waals surface area contributed by atoms with Gasteiger partial charge in [-0.1, -0.05) is 20.8 Å². The highest BCUT2D eigenvalue weighted by Crippen LogP contribution is 2.47. The van der Waals surface area contributed by atoms with Crippen molar-refractivity contribution in [2.24, 2.45) is 23.2 Å². The van der Waals surface area contributed by atoms with E-state index in [1.54, 1.807) is 0 Å². The Balaban J connectivity index is 2.15. The van der Waals surface area contributed by atoms with E-state index in [4.69, 9.17) is 0 Å². The molecule has 3 nitrogen and oxygen atoms in total. The van der Waals surface area contributed by atoms with Crippen molar-refractivity contribution in [2.45, 2.75) is 53.0 Å². The first-order valence-corrected chi connectivity index (χ1v) is 7.12. The van der Waals surface area contributed by atoms with Gasteiger partial charge in [0.05, 0.1) is 6.07 Å². The van der Waals surface area contributed by atoms with Gasteiger partial charge in [0.2, 0.25) is 5.91 Å². The Morgan fingerprint density at radius 3 is 2.33 bits per heavy atom. The highest BCUT2D eigenvalue weighted by Gasteiger charge is 2.52. The minimum Gasteiger partial charge on any atom is -0.338 e. The number of amides is 1. The Bertz CT molecular complexity index is 378. The van der Waals surface area contributed by atoms with Crippen molar-refractivity contribution >= 4 is 5.91 Å². The fraction of sp³-hybridized carbons (Fsp3) is 0.867. The molecule has 0 spiro atoms. The smallest absolute Gasteiger partial charge is 0.243 e. The van der Waals surface area contributed by atoms with E-state index < -0.39 is 5.41 Å². The second-order valence-corrected chi connectivity index (χ2v) is 6.72. The maximum Gasteiger partial charge on any atom is 0.243 e. The van der Waals surface area contributed by atoms with E-state index in [1.807, 2.05) is 4.90 Å². The Hall–Kier alpha value is -1.04. The van der Waals surface area contributed by atoms with Crippen molar-refractivity contribution in [3.8, 4) is 6.07 Å². The van der Waals surface area contributed by atoms with E-state index in [0.717, 1.165) is 19.4 Å². The first kappa shape index (κ1) is 13.4. The molecule has 1 aliphatic heterocycles. The average molecular weight is 248 g/mol. The number of piperidine rings is 1. The van der Waals surface area contributed by atoms with Crippen LogP contribution in [0.3, 0.4) is 0 Å². The Morgan fingerprint density at radius 2 is 1.83 bits per heavy atom. The second-order valence-electron chi connectivity index (χ2n) is 6.72. The van der Waals surface area contributed by atoms with Gasteiger partial charge in [0.15, 0.2) is 0 Å². The highest BCUT2D eigenvalue weighted by molar-refractivity contribution is 5.87. The summed E-state index contributed by atoms with van der Waals surface area (Å²) in [5, 5.41) is 9.38. The van der Waals surface area contributed by atoms with Crippen LogP contribution in [0, 0.1) is 34.5 Å². The average Bonchev–Trinajstić information content (AvgIpc) is 2.28. The lowest BCUT2D eigenvalue weighted by Crippen LogP contribution is -2.56. The molecule has 1 heterocycles. The van der Waals surface area contributed by atoms with Crippen molar-refractivity contribution in [2.75, 3.05) is 6.54 Å². The summed E-state index contributed by atoms with van der Waals surface area (Å²) in [5.74, 6) is 1.69. The molecule has 18 heavy (non-hydrogen) atoms. The number of carbonyl (C=O) groups excluding carboxylic acids is 1. The largest absolute Gasteiger partial charge is 0.338 e. The van der Waals surface area contributed by atoms with Gasteiger partial charge < -0.3 is 4.90 Å². The highest BCUT2D eigenvalue weighted by atomic mass is 16.2. The third-order valence-electron chi connectivity index (χ3n) is 4.88. The van der Waals surface area contributed by atoms with Crippen molar-refractivity contribution in [1.82, 2.24) is 4.90 Å². The van der Waals surface area contributed by atoms with Crippen LogP contribution >= 0.6 is 0 Å². The predicted octanol–water partition coefficient (Wildman–Crippen LogP) is 2.82. The summed E-state index contributed by atoms with van der Waals surface area (Å²) in [4.78, 5) is 14.7. The number of hydrogen-bond acceptors (Lipinski definition) is 2. The zero-order valence-electron chi connectivity index (χ0n) is 11.9. The summed E-state index contributed by atoms with van der Waals surface area (Å²) in [6, 6.07) is 2.57. The first-order valence-electron chi connectivity index (χ1n) is 7.12. The van der Waals surface area contributed by atoms with Crippen LogP contribution in [-0.2, 0) is 4.79 Å². The van der Waals surface area contributed by atoms with Gasteiger partial charge in [0.25, 0.3) is 0 Å². The van der Waals surface area contributed by atoms with Gasteiger partial charge in [-0.3, -0.25) is 4.79 Å². The van der Waals surface area contributed by atoms with Gasteiger partial charge in [0.1, 0.15) is 5.41 Å². The van der Waals surface area contributed by atoms with E-state index in [0.29, 0.717) is 17.8 Å². The van der Waals surface area contributed by atoms with Crippen LogP contribution in [0.25, 0.3) is 0 Å². The SMILES string of the molecule is CC1CC(C)C(C)N(C(=O)C2(C#N)CC(C)C2)C1. The molecule has 0 radical (unpaired) electrons. The predicted molar refractivity (Wildman–Crippen MR) is 70.6 cm³/mol. The van der Waals surface area contributed by atoms with E-state index in [9.17, 15) is 10.1 Å². The zero-order valence-corrected chi connectivity index (χ0v) is 11.9. The molecule has 3 heteroatoms. The summed E-state index contributed by atoms with van der Waals surface area (Å²) < 4.78 is 0. The molecule has 2 rings (SSSR count). The molecule has 0 aromatic rings. The Kier molecular flexibility index (Phi) is 3.40. The lowest BCUT2D eigenvalue weighted by molar-refractivity contribution is -0.151. The van der Waals surface area contributed by atoms with Crippen LogP contribution in [0.4, 0.5) is 0 Å². The molecule has 2 fully saturated rings. The summed E-state index contributed by atoms with van der Waals surface area (Å²) >= 11 is 0. The second kappa shape index (κ2) is 4.57. The summed E-state index contributed by atoms with van der Waals surface area (Å²) in [6.45, 7) is 9.48. The molecule has 1 saturated heterocycles. The first-order chi connectivity index (χ1) is 8.39. The van der Waals surface area contributed by atoms with Crippen molar-refractivity contribution in [3.05, 3.63) is 0 Å². The number of carbonyl (C=O) groups is 1. The van der Waals surface area contributed by atoms with Gasteiger partial charge in [-0.15, -0.1) is 0 Å². The van der Waals surface area contributed by atoms with Crippen molar-refractivity contribution in [1.29, 1.82) is 5.26 Å². The molecule has 3 unspecified atom stereocenters. The van der Waals surface area contributed by atoms with E-state index in [-0.39, 0.29) is 11.9 Å². The topological polar surface area (TPSA) is 44.1 Å². The fourth-order valence-electron chi connectivity index (χ4n) is 3.70. The van der Waals surface area contributed by atoms with Gasteiger partial charge in [-0.25, -0.2) is 0 Å². The number of nitriles is 1. The molecule has 0 aromatic carbocycles. The van der Waals surface area contributed by atoms with E-state index in [2.05, 4.69) is 33.8 Å². The van der Waals surface area contributed by atoms with E-state index in [1.165, 1.54) is 6.42 Å². The lowest BCUT2D eigenvalue weighted by atomic mass is 9.62. The molecule has 1 amide bonds. The van der Waals surface area contributed by atoms with Gasteiger partial charge in [-0.2, -0.15) is 5.26 Å². The maximum atomic E-state index is 12.7. The normalized spacial score (nSPS) is 44.1. The standard InChI is InChI=1S/C15H24N2O/c1-10-5-12(3)13(4)17(8-10)14(18)15(9-16)6-11(2)7-15/h10-13H,5-8H2,1-4H3. The number of likely N-dealkylation sites (tertiary alicyclic amines) is 1. The number of rotatable bonds is 1. The minimum atomic E-state index is -0.704. The number of hydrogen-bond donors (Lipinski definition) is 0. The molecule has 1 aliphatic carbocycles. The van der Waals surface area contributed by atoms with Gasteiger partial charge in [0, 0.05) is 12.6 Å². The molecule has 100 valence electrons. The quantitative estimate of drug-likeness (QED) is 0.716. The van der Waals surface area contributed by atoms with Crippen molar-refractivity contribution < 1.29 is 4.79 Å². The van der Waals surface area contributed by atoms with Crippen LogP contribution < -0.4 is 0 Å². The maximum absolute atomic E-state index is 12.7. The Labute approximate surface area is 110 Å². The minimum absolute atomic E-state index is 0.0917. The Morgan fingerprint density at radius 1 is 1.22 bits per heavy atom. The summed E-state index contributed by atoms with van der Waals surface area (Å²) in [7, 11) is 0. The number of nitrogens with zero attached hydrogens (tertiary/aromatic N) is 2. The molecular formula is C15H24N2O. The van der Waals surface area contributed by atoms with Gasteiger partial charge in [-0.05, 0) is 43.9 Å². The third kappa shape index (κ3) is 2.02. The van der Waals surface area contributed by atoms with Crippen LogP contribution in [0.2, 0.25) is 0 Å². The van der Waals surface area contributed by atoms with Crippen LogP contribution in [0.1, 0.15) is 47.0 Å². The molecule has 1 saturated carbocycles. The third-order valence-corrected chi connectivity index (χ3v) is 4.88. The summed E-state index contributed by atoms with van der Waals surface area (Å²) in [5.41, 5.74) is -0.704. The fourth-order valence-corrected chi connectivity index (χ4v) is 3.70. The zero-order chi connectivity index (χ0) is 13.5. The molecule has 3 atom stereocenters. The molecule has 0 bridgehead atoms. The van der Waals surface area contributed by atoms with E-state index >= 15 is 0 Å². The molecule has 0 aromatic heterocycles. The van der Waals surface area contributed by atoms with Crippen LogP contribution in [-0.4, -0.2) is 23.4 Å².